The van der Waals surface area contributed by atoms with Crippen molar-refractivity contribution in [2.75, 3.05) is 13.2 Å². The van der Waals surface area contributed by atoms with E-state index in [1.165, 1.54) is 83.5 Å². The van der Waals surface area contributed by atoms with Crippen molar-refractivity contribution in [3.63, 3.8) is 0 Å². The molecule has 1 atom stereocenters. The minimum atomic E-state index is -0.795. The Morgan fingerprint density at radius 2 is 0.549 bits per heavy atom. The van der Waals surface area contributed by atoms with Crippen LogP contribution in [0.4, 0.5) is 0 Å². The predicted octanol–water partition coefficient (Wildman–Crippen LogP) is 19.9. The number of hydrogen-bond donors (Lipinski definition) is 0. The van der Waals surface area contributed by atoms with Crippen molar-refractivity contribution in [1.82, 2.24) is 0 Å². The van der Waals surface area contributed by atoms with Crippen molar-refractivity contribution in [3.05, 3.63) is 109 Å². The molecule has 0 aliphatic carbocycles. The first-order valence-electron chi connectivity index (χ1n) is 29.4. The zero-order valence-corrected chi connectivity index (χ0v) is 46.2. The lowest BCUT2D eigenvalue weighted by Gasteiger charge is -2.18. The van der Waals surface area contributed by atoms with Gasteiger partial charge in [0.2, 0.25) is 0 Å². The van der Waals surface area contributed by atoms with Crippen LogP contribution in [-0.2, 0) is 28.6 Å². The second-order valence-electron chi connectivity index (χ2n) is 19.1. The molecular weight excluding hydrogens is 877 g/mol. The van der Waals surface area contributed by atoms with Gasteiger partial charge in [0.15, 0.2) is 6.10 Å². The summed E-state index contributed by atoms with van der Waals surface area (Å²) in [4.78, 5) is 38.2. The summed E-state index contributed by atoms with van der Waals surface area (Å²) in [6.07, 6.45) is 79.3. The van der Waals surface area contributed by atoms with Crippen molar-refractivity contribution in [2.45, 2.75) is 271 Å². The molecule has 0 aliphatic rings. The molecule has 6 nitrogen and oxygen atoms in total. The number of ether oxygens (including phenoxy) is 3. The Bertz CT molecular complexity index is 1460. The van der Waals surface area contributed by atoms with Gasteiger partial charge in [0.25, 0.3) is 0 Å². The van der Waals surface area contributed by atoms with E-state index in [0.29, 0.717) is 19.3 Å². The summed E-state index contributed by atoms with van der Waals surface area (Å²) in [6, 6.07) is 0. The highest BCUT2D eigenvalue weighted by Crippen LogP contribution is 2.15. The van der Waals surface area contributed by atoms with E-state index in [-0.39, 0.29) is 31.1 Å². The van der Waals surface area contributed by atoms with Gasteiger partial charge in [-0.3, -0.25) is 14.4 Å². The fraction of sp³-hybridized carbons (Fsp3) is 0.677. The highest BCUT2D eigenvalue weighted by Gasteiger charge is 2.19. The Balaban J connectivity index is 4.43. The molecule has 0 saturated carbocycles. The van der Waals surface area contributed by atoms with Gasteiger partial charge >= 0.3 is 17.9 Å². The second-order valence-corrected chi connectivity index (χ2v) is 19.1. The summed E-state index contributed by atoms with van der Waals surface area (Å²) in [5.41, 5.74) is 0. The molecule has 404 valence electrons. The fourth-order valence-electron chi connectivity index (χ4n) is 7.89. The Morgan fingerprint density at radius 3 is 0.859 bits per heavy atom. The van der Waals surface area contributed by atoms with E-state index >= 15 is 0 Å². The number of rotatable bonds is 52. The largest absolute Gasteiger partial charge is 0.462 e. The maximum Gasteiger partial charge on any atom is 0.306 e. The first-order valence-corrected chi connectivity index (χ1v) is 29.4. The Labute approximate surface area is 438 Å². The Kier molecular flexibility index (Phi) is 55.4. The average Bonchev–Trinajstić information content (AvgIpc) is 3.37. The highest BCUT2D eigenvalue weighted by atomic mass is 16.6. The number of allylic oxidation sites excluding steroid dienone is 18. The third kappa shape index (κ3) is 56.9. The first kappa shape index (κ1) is 67.1. The van der Waals surface area contributed by atoms with Crippen LogP contribution in [0.3, 0.4) is 0 Å². The molecule has 71 heavy (non-hydrogen) atoms. The lowest BCUT2D eigenvalue weighted by molar-refractivity contribution is -0.167. The van der Waals surface area contributed by atoms with E-state index in [0.717, 1.165) is 141 Å². The van der Waals surface area contributed by atoms with Crippen LogP contribution in [0.2, 0.25) is 0 Å². The summed E-state index contributed by atoms with van der Waals surface area (Å²) in [5, 5.41) is 0. The maximum absolute atomic E-state index is 12.9. The maximum atomic E-state index is 12.9. The van der Waals surface area contributed by atoms with Crippen LogP contribution in [0.5, 0.6) is 0 Å². The average molecular weight is 986 g/mol. The van der Waals surface area contributed by atoms with Crippen LogP contribution in [0.15, 0.2) is 109 Å². The van der Waals surface area contributed by atoms with Crippen LogP contribution in [0.25, 0.3) is 0 Å². The van der Waals surface area contributed by atoms with Crippen molar-refractivity contribution in [1.29, 1.82) is 0 Å². The quantitative estimate of drug-likeness (QED) is 0.0261. The predicted molar refractivity (Wildman–Crippen MR) is 307 cm³/mol. The molecule has 0 rings (SSSR count). The van der Waals surface area contributed by atoms with E-state index in [4.69, 9.17) is 14.2 Å². The van der Waals surface area contributed by atoms with E-state index in [1.54, 1.807) is 0 Å². The van der Waals surface area contributed by atoms with Crippen molar-refractivity contribution < 1.29 is 28.6 Å². The first-order chi connectivity index (χ1) is 35.0. The van der Waals surface area contributed by atoms with E-state index in [9.17, 15) is 14.4 Å². The summed E-state index contributed by atoms with van der Waals surface area (Å²) in [6.45, 7) is 6.37. The number of hydrogen-bond acceptors (Lipinski definition) is 6. The van der Waals surface area contributed by atoms with Gasteiger partial charge in [-0.05, 0) is 122 Å². The Hall–Kier alpha value is -3.93. The number of carbonyl (C=O) groups excluding carboxylic acids is 3. The number of esters is 3. The van der Waals surface area contributed by atoms with Gasteiger partial charge in [-0.15, -0.1) is 0 Å². The summed E-state index contributed by atoms with van der Waals surface area (Å²) < 4.78 is 16.9. The van der Waals surface area contributed by atoms with Gasteiger partial charge in [-0.25, -0.2) is 0 Å². The van der Waals surface area contributed by atoms with Crippen LogP contribution < -0.4 is 0 Å². The monoisotopic (exact) mass is 985 g/mol. The van der Waals surface area contributed by atoms with E-state index in [1.807, 2.05) is 0 Å². The van der Waals surface area contributed by atoms with Crippen LogP contribution in [-0.4, -0.2) is 37.2 Å². The zero-order valence-electron chi connectivity index (χ0n) is 46.2. The molecule has 0 N–H and O–H groups in total. The molecule has 0 aromatic rings. The molecule has 0 heterocycles. The molecule has 0 aliphatic heterocycles. The summed E-state index contributed by atoms with van der Waals surface area (Å²) in [5.74, 6) is -0.921. The van der Waals surface area contributed by atoms with Gasteiger partial charge in [-0.2, -0.15) is 0 Å². The lowest BCUT2D eigenvalue weighted by atomic mass is 10.1. The summed E-state index contributed by atoms with van der Waals surface area (Å²) in [7, 11) is 0. The van der Waals surface area contributed by atoms with Crippen molar-refractivity contribution >= 4 is 17.9 Å². The van der Waals surface area contributed by atoms with Crippen LogP contribution in [0.1, 0.15) is 265 Å². The molecule has 0 saturated heterocycles. The molecule has 0 bridgehead atoms. The van der Waals surface area contributed by atoms with Gasteiger partial charge < -0.3 is 14.2 Å². The van der Waals surface area contributed by atoms with Gasteiger partial charge in [-0.1, -0.05) is 233 Å². The normalized spacial score (nSPS) is 12.9. The van der Waals surface area contributed by atoms with Gasteiger partial charge in [0.1, 0.15) is 13.2 Å². The molecule has 0 fully saturated rings. The standard InChI is InChI=1S/C65H108O6/c1-4-7-10-13-16-19-22-25-28-30-31-32-33-35-37-40-43-46-49-52-55-58-64(67)70-61-62(60-69-63(66)57-54-51-48-45-42-39-36-27-24-21-18-15-12-9-6-3)71-65(68)59-56-53-50-47-44-41-38-34-29-26-23-20-17-14-11-8-5-2/h7-8,10-11,16-21,25-29,31-32,36,62H,4-6,9,12-15,22-24,30,33-35,37-61H2,1-3H3/b10-7-,11-8-,19-16-,20-17-,21-18-,28-25-,29-26-,32-31-,36-27-. The lowest BCUT2D eigenvalue weighted by Crippen LogP contribution is -2.30. The van der Waals surface area contributed by atoms with E-state index < -0.39 is 6.10 Å². The molecule has 0 aromatic carbocycles. The molecule has 0 aromatic heterocycles. The minimum absolute atomic E-state index is 0.0923. The summed E-state index contributed by atoms with van der Waals surface area (Å²) >= 11 is 0. The highest BCUT2D eigenvalue weighted by molar-refractivity contribution is 5.71. The third-order valence-electron chi connectivity index (χ3n) is 12.2. The smallest absolute Gasteiger partial charge is 0.306 e. The molecule has 1 unspecified atom stereocenters. The minimum Gasteiger partial charge on any atom is -0.462 e. The SMILES string of the molecule is CC/C=C\C/C=C\C/C=C\C/C=C\CCCCCCCCCCC(=O)OCC(COC(=O)CCCCCCC/C=C\C/C=C\CCCCC)OC(=O)CCCCCCCCC/C=C\C/C=C\C/C=C\CC. The van der Waals surface area contributed by atoms with E-state index in [2.05, 4.69) is 130 Å². The fourth-order valence-corrected chi connectivity index (χ4v) is 7.89. The molecule has 6 heteroatoms. The molecule has 0 amide bonds. The number of carbonyl (C=O) groups is 3. The Morgan fingerprint density at radius 1 is 0.296 bits per heavy atom. The second kappa shape index (κ2) is 58.6. The topological polar surface area (TPSA) is 78.9 Å². The van der Waals surface area contributed by atoms with Crippen molar-refractivity contribution in [3.8, 4) is 0 Å². The van der Waals surface area contributed by atoms with Gasteiger partial charge in [0.05, 0.1) is 0 Å². The van der Waals surface area contributed by atoms with Crippen LogP contribution in [0, 0.1) is 0 Å². The number of unbranched alkanes of at least 4 members (excludes halogenated alkanes) is 23. The van der Waals surface area contributed by atoms with Crippen molar-refractivity contribution in [2.24, 2.45) is 0 Å². The van der Waals surface area contributed by atoms with Crippen LogP contribution >= 0.6 is 0 Å². The zero-order chi connectivity index (χ0) is 51.4. The molecule has 0 radical (unpaired) electrons. The molecule has 0 spiro atoms. The third-order valence-corrected chi connectivity index (χ3v) is 12.2. The molecular formula is C65H108O6. The van der Waals surface area contributed by atoms with Gasteiger partial charge in [0, 0.05) is 19.3 Å².